The van der Waals surface area contributed by atoms with Crippen LogP contribution >= 0.6 is 0 Å². The summed E-state index contributed by atoms with van der Waals surface area (Å²) in [6.07, 6.45) is 1.30. The lowest BCUT2D eigenvalue weighted by molar-refractivity contribution is -0.163. The Morgan fingerprint density at radius 2 is 1.76 bits per heavy atom. The second-order valence-corrected chi connectivity index (χ2v) is 8.65. The zero-order valence-corrected chi connectivity index (χ0v) is 18.2. The number of hydrogen-bond acceptors (Lipinski definition) is 5. The van der Waals surface area contributed by atoms with Crippen LogP contribution in [0.15, 0.2) is 24.3 Å². The number of benzene rings is 1. The van der Waals surface area contributed by atoms with E-state index in [-0.39, 0.29) is 17.7 Å². The van der Waals surface area contributed by atoms with Crippen LogP contribution < -0.4 is 10.1 Å². The van der Waals surface area contributed by atoms with Crippen molar-refractivity contribution < 1.29 is 23.9 Å². The van der Waals surface area contributed by atoms with E-state index in [0.717, 1.165) is 6.42 Å². The molecule has 2 rings (SSSR count). The first-order valence-corrected chi connectivity index (χ1v) is 10.0. The number of hydrogen-bond donors (Lipinski definition) is 1. The lowest BCUT2D eigenvalue weighted by atomic mass is 10.0. The Bertz CT molecular complexity index is 737. The van der Waals surface area contributed by atoms with E-state index in [2.05, 4.69) is 5.32 Å². The fraction of sp³-hybridized carbons (Fsp3) is 0.591. The van der Waals surface area contributed by atoms with Crippen molar-refractivity contribution in [2.75, 3.05) is 13.7 Å². The van der Waals surface area contributed by atoms with Crippen LogP contribution in [0.3, 0.4) is 0 Å². The van der Waals surface area contributed by atoms with Crippen LogP contribution in [-0.4, -0.2) is 54.0 Å². The molecule has 1 saturated heterocycles. The van der Waals surface area contributed by atoms with Crippen LogP contribution in [0.5, 0.6) is 5.75 Å². The normalized spacial score (nSPS) is 17.8. The first-order valence-electron chi connectivity index (χ1n) is 10.0. The summed E-state index contributed by atoms with van der Waals surface area (Å²) in [5, 5.41) is 2.83. The maximum atomic E-state index is 13.2. The standard InChI is InChI=1S/C22H32N2O5/c1-14(2)18(23-19(25)15-9-11-16(28-6)12-10-15)20(26)24-13-7-8-17(24)21(27)29-22(3,4)5/h9-12,14,17-18H,7-8,13H2,1-6H3,(H,23,25)/t17-,18-/m0/s1. The van der Waals surface area contributed by atoms with Crippen LogP contribution in [-0.2, 0) is 14.3 Å². The van der Waals surface area contributed by atoms with E-state index in [0.29, 0.717) is 24.3 Å². The smallest absolute Gasteiger partial charge is 0.329 e. The number of methoxy groups -OCH3 is 1. The summed E-state index contributed by atoms with van der Waals surface area (Å²) in [7, 11) is 1.56. The topological polar surface area (TPSA) is 84.9 Å². The number of nitrogens with one attached hydrogen (secondary N) is 1. The molecule has 29 heavy (non-hydrogen) atoms. The minimum atomic E-state index is -0.729. The minimum absolute atomic E-state index is 0.135. The van der Waals surface area contributed by atoms with Crippen LogP contribution in [0.1, 0.15) is 57.8 Å². The van der Waals surface area contributed by atoms with Gasteiger partial charge in [-0.05, 0) is 63.8 Å². The van der Waals surface area contributed by atoms with E-state index in [4.69, 9.17) is 9.47 Å². The number of rotatable bonds is 6. The molecule has 0 aromatic heterocycles. The molecule has 1 fully saturated rings. The summed E-state index contributed by atoms with van der Waals surface area (Å²) in [4.78, 5) is 40.0. The quantitative estimate of drug-likeness (QED) is 0.737. The van der Waals surface area contributed by atoms with Gasteiger partial charge < -0.3 is 19.7 Å². The molecule has 160 valence electrons. The largest absolute Gasteiger partial charge is 0.497 e. The third-order valence-corrected chi connectivity index (χ3v) is 4.79. The molecule has 0 spiro atoms. The van der Waals surface area contributed by atoms with Gasteiger partial charge in [-0.25, -0.2) is 4.79 Å². The van der Waals surface area contributed by atoms with Gasteiger partial charge in [0.05, 0.1) is 7.11 Å². The van der Waals surface area contributed by atoms with Crippen LogP contribution in [0.4, 0.5) is 0 Å². The van der Waals surface area contributed by atoms with Crippen LogP contribution in [0, 0.1) is 5.92 Å². The highest BCUT2D eigenvalue weighted by molar-refractivity contribution is 5.98. The molecule has 0 saturated carbocycles. The predicted octanol–water partition coefficient (Wildman–Crippen LogP) is 2.78. The van der Waals surface area contributed by atoms with Gasteiger partial charge in [-0.3, -0.25) is 9.59 Å². The summed E-state index contributed by atoms with van der Waals surface area (Å²) in [5.74, 6) is -0.477. The molecule has 7 heteroatoms. The van der Waals surface area contributed by atoms with Gasteiger partial charge in [0.1, 0.15) is 23.4 Å². The van der Waals surface area contributed by atoms with Crippen molar-refractivity contribution in [1.29, 1.82) is 0 Å². The Labute approximate surface area is 172 Å². The van der Waals surface area contributed by atoms with Gasteiger partial charge in [-0.15, -0.1) is 0 Å². The number of carbonyl (C=O) groups is 3. The van der Waals surface area contributed by atoms with Crippen molar-refractivity contribution in [2.24, 2.45) is 5.92 Å². The zero-order valence-electron chi connectivity index (χ0n) is 18.2. The minimum Gasteiger partial charge on any atom is -0.497 e. The van der Waals surface area contributed by atoms with Gasteiger partial charge in [0.2, 0.25) is 5.91 Å². The third-order valence-electron chi connectivity index (χ3n) is 4.79. The second kappa shape index (κ2) is 9.29. The van der Waals surface area contributed by atoms with E-state index in [1.54, 1.807) is 57.0 Å². The number of nitrogens with zero attached hydrogens (tertiary/aromatic N) is 1. The molecule has 1 aliphatic rings. The Kier molecular flexibility index (Phi) is 7.27. The maximum absolute atomic E-state index is 13.2. The van der Waals surface area contributed by atoms with Crippen LogP contribution in [0.2, 0.25) is 0 Å². The average Bonchev–Trinajstić information content (AvgIpc) is 3.14. The summed E-state index contributed by atoms with van der Waals surface area (Å²) in [6.45, 7) is 9.63. The molecule has 1 aromatic rings. The fourth-order valence-electron chi connectivity index (χ4n) is 3.30. The van der Waals surface area contributed by atoms with Crippen molar-refractivity contribution in [1.82, 2.24) is 10.2 Å². The monoisotopic (exact) mass is 404 g/mol. The molecule has 1 aliphatic heterocycles. The van der Waals surface area contributed by atoms with Crippen molar-refractivity contribution in [3.8, 4) is 5.75 Å². The van der Waals surface area contributed by atoms with Gasteiger partial charge in [-0.2, -0.15) is 0 Å². The number of likely N-dealkylation sites (tertiary alicyclic amines) is 1. The Balaban J connectivity index is 2.13. The maximum Gasteiger partial charge on any atom is 0.329 e. The summed E-state index contributed by atoms with van der Waals surface area (Å²) in [5.41, 5.74) is -0.177. The first kappa shape index (κ1) is 22.7. The van der Waals surface area contributed by atoms with Gasteiger partial charge in [-0.1, -0.05) is 13.8 Å². The first-order chi connectivity index (χ1) is 13.5. The zero-order chi connectivity index (χ0) is 21.8. The molecule has 1 N–H and O–H groups in total. The van der Waals surface area contributed by atoms with E-state index < -0.39 is 23.7 Å². The molecule has 2 amide bonds. The molecule has 1 heterocycles. The van der Waals surface area contributed by atoms with Gasteiger partial charge in [0, 0.05) is 12.1 Å². The highest BCUT2D eigenvalue weighted by Crippen LogP contribution is 2.23. The van der Waals surface area contributed by atoms with Crippen molar-refractivity contribution in [3.63, 3.8) is 0 Å². The Hall–Kier alpha value is -2.57. The SMILES string of the molecule is COc1ccc(C(=O)N[C@H](C(=O)N2CCC[C@H]2C(=O)OC(C)(C)C)C(C)C)cc1. The van der Waals surface area contributed by atoms with Crippen LogP contribution in [0.25, 0.3) is 0 Å². The number of amides is 2. The van der Waals surface area contributed by atoms with Gasteiger partial charge in [0.15, 0.2) is 0 Å². The van der Waals surface area contributed by atoms with Crippen molar-refractivity contribution >= 4 is 17.8 Å². The lowest BCUT2D eigenvalue weighted by Crippen LogP contribution is -2.54. The predicted molar refractivity (Wildman–Crippen MR) is 110 cm³/mol. The van der Waals surface area contributed by atoms with Crippen molar-refractivity contribution in [3.05, 3.63) is 29.8 Å². The van der Waals surface area contributed by atoms with Crippen molar-refractivity contribution in [2.45, 2.75) is 65.1 Å². The molecule has 0 unspecified atom stereocenters. The third kappa shape index (κ3) is 5.95. The average molecular weight is 405 g/mol. The molecule has 2 atom stereocenters. The van der Waals surface area contributed by atoms with E-state index in [9.17, 15) is 14.4 Å². The lowest BCUT2D eigenvalue weighted by Gasteiger charge is -2.31. The van der Waals surface area contributed by atoms with E-state index >= 15 is 0 Å². The number of esters is 1. The fourth-order valence-corrected chi connectivity index (χ4v) is 3.30. The second-order valence-electron chi connectivity index (χ2n) is 8.65. The van der Waals surface area contributed by atoms with Gasteiger partial charge >= 0.3 is 5.97 Å². The highest BCUT2D eigenvalue weighted by atomic mass is 16.6. The summed E-state index contributed by atoms with van der Waals surface area (Å²) < 4.78 is 10.6. The molecule has 0 aliphatic carbocycles. The summed E-state index contributed by atoms with van der Waals surface area (Å²) in [6, 6.07) is 5.35. The number of ether oxygens (including phenoxy) is 2. The molecular formula is C22H32N2O5. The Morgan fingerprint density at radius 1 is 1.14 bits per heavy atom. The number of carbonyl (C=O) groups excluding carboxylic acids is 3. The molecule has 0 radical (unpaired) electrons. The van der Waals surface area contributed by atoms with E-state index in [1.165, 1.54) is 0 Å². The van der Waals surface area contributed by atoms with Gasteiger partial charge in [0.25, 0.3) is 5.91 Å². The molecule has 0 bridgehead atoms. The highest BCUT2D eigenvalue weighted by Gasteiger charge is 2.40. The molecule has 1 aromatic carbocycles. The molecule has 7 nitrogen and oxygen atoms in total. The van der Waals surface area contributed by atoms with E-state index in [1.807, 2.05) is 13.8 Å². The Morgan fingerprint density at radius 3 is 2.28 bits per heavy atom. The summed E-state index contributed by atoms with van der Waals surface area (Å²) >= 11 is 0. The molecular weight excluding hydrogens is 372 g/mol.